The summed E-state index contributed by atoms with van der Waals surface area (Å²) in [5.74, 6) is 1.29. The normalized spacial score (nSPS) is 12.1. The number of hydrogen-bond donors (Lipinski definition) is 2. The molecule has 1 rings (SSSR count). The second-order valence-electron chi connectivity index (χ2n) is 5.07. The van der Waals surface area contributed by atoms with E-state index in [2.05, 4.69) is 5.32 Å². The third-order valence-corrected chi connectivity index (χ3v) is 2.74. The number of amides is 1. The Kier molecular flexibility index (Phi) is 6.31. The number of carbonyl (C=O) groups excluding carboxylic acids is 1. The van der Waals surface area contributed by atoms with Crippen LogP contribution in [-0.2, 0) is 4.79 Å². The molecule has 1 aromatic rings. The standard InChI is InChI=1S/C15H23NO4/c1-10(2)8-16-15(18)9-20-14-7-12(19-4)5-6-13(14)11(3)17/h5-7,10-11,17H,8-9H2,1-4H3,(H,16,18). The molecule has 2 N–H and O–H groups in total. The molecule has 0 saturated heterocycles. The van der Waals surface area contributed by atoms with E-state index in [1.165, 1.54) is 0 Å². The molecule has 0 aliphatic carbocycles. The van der Waals surface area contributed by atoms with Crippen LogP contribution < -0.4 is 14.8 Å². The van der Waals surface area contributed by atoms with Crippen molar-refractivity contribution in [1.82, 2.24) is 5.32 Å². The summed E-state index contributed by atoms with van der Waals surface area (Å²) in [6, 6.07) is 5.14. The van der Waals surface area contributed by atoms with Gasteiger partial charge in [0.2, 0.25) is 0 Å². The number of benzene rings is 1. The highest BCUT2D eigenvalue weighted by atomic mass is 16.5. The van der Waals surface area contributed by atoms with Crippen LogP contribution in [0.4, 0.5) is 0 Å². The largest absolute Gasteiger partial charge is 0.497 e. The average Bonchev–Trinajstić information content (AvgIpc) is 2.42. The minimum atomic E-state index is -0.672. The zero-order valence-corrected chi connectivity index (χ0v) is 12.5. The highest BCUT2D eigenvalue weighted by molar-refractivity contribution is 5.77. The molecule has 0 fully saturated rings. The summed E-state index contributed by atoms with van der Waals surface area (Å²) >= 11 is 0. The summed E-state index contributed by atoms with van der Waals surface area (Å²) < 4.78 is 10.6. The molecular weight excluding hydrogens is 258 g/mol. The number of aliphatic hydroxyl groups is 1. The summed E-state index contributed by atoms with van der Waals surface area (Å²) in [4.78, 5) is 11.6. The van der Waals surface area contributed by atoms with Crippen molar-refractivity contribution in [2.75, 3.05) is 20.3 Å². The lowest BCUT2D eigenvalue weighted by molar-refractivity contribution is -0.123. The van der Waals surface area contributed by atoms with Crippen molar-refractivity contribution in [3.8, 4) is 11.5 Å². The number of aliphatic hydroxyl groups excluding tert-OH is 1. The minimum Gasteiger partial charge on any atom is -0.497 e. The van der Waals surface area contributed by atoms with Crippen LogP contribution in [0.2, 0.25) is 0 Å². The smallest absolute Gasteiger partial charge is 0.257 e. The molecule has 0 aliphatic heterocycles. The second-order valence-corrected chi connectivity index (χ2v) is 5.07. The van der Waals surface area contributed by atoms with Crippen molar-refractivity contribution in [2.45, 2.75) is 26.9 Å². The summed E-state index contributed by atoms with van der Waals surface area (Å²) in [5.41, 5.74) is 0.627. The number of rotatable bonds is 7. The molecule has 1 atom stereocenters. The molecule has 0 bridgehead atoms. The van der Waals surface area contributed by atoms with Gasteiger partial charge in [0, 0.05) is 18.2 Å². The maximum absolute atomic E-state index is 11.6. The molecule has 5 nitrogen and oxygen atoms in total. The van der Waals surface area contributed by atoms with Crippen LogP contribution in [0.1, 0.15) is 32.4 Å². The monoisotopic (exact) mass is 281 g/mol. The highest BCUT2D eigenvalue weighted by Crippen LogP contribution is 2.29. The Balaban J connectivity index is 2.68. The number of ether oxygens (including phenoxy) is 2. The first kappa shape index (κ1) is 16.3. The molecule has 1 unspecified atom stereocenters. The molecule has 0 radical (unpaired) electrons. The van der Waals surface area contributed by atoms with Crippen LogP contribution in [0.5, 0.6) is 11.5 Å². The molecule has 0 heterocycles. The van der Waals surface area contributed by atoms with Crippen molar-refractivity contribution >= 4 is 5.91 Å². The van der Waals surface area contributed by atoms with Crippen LogP contribution in [0.15, 0.2) is 18.2 Å². The second kappa shape index (κ2) is 7.75. The molecule has 20 heavy (non-hydrogen) atoms. The van der Waals surface area contributed by atoms with Crippen molar-refractivity contribution in [3.63, 3.8) is 0 Å². The Labute approximate surface area is 119 Å². The van der Waals surface area contributed by atoms with E-state index < -0.39 is 6.10 Å². The number of methoxy groups -OCH3 is 1. The quantitative estimate of drug-likeness (QED) is 0.801. The zero-order chi connectivity index (χ0) is 15.1. The number of nitrogens with one attached hydrogen (secondary N) is 1. The first-order valence-corrected chi connectivity index (χ1v) is 6.69. The van der Waals surface area contributed by atoms with E-state index >= 15 is 0 Å². The van der Waals surface area contributed by atoms with Gasteiger partial charge in [-0.3, -0.25) is 4.79 Å². The average molecular weight is 281 g/mol. The predicted molar refractivity (Wildman–Crippen MR) is 77.0 cm³/mol. The Morgan fingerprint density at radius 2 is 2.05 bits per heavy atom. The Morgan fingerprint density at radius 3 is 2.60 bits per heavy atom. The lowest BCUT2D eigenvalue weighted by Gasteiger charge is -2.15. The van der Waals surface area contributed by atoms with E-state index in [1.54, 1.807) is 32.2 Å². The van der Waals surface area contributed by atoms with Crippen LogP contribution in [-0.4, -0.2) is 31.3 Å². The van der Waals surface area contributed by atoms with Gasteiger partial charge in [0.05, 0.1) is 13.2 Å². The maximum Gasteiger partial charge on any atom is 0.257 e. The van der Waals surface area contributed by atoms with Gasteiger partial charge in [-0.2, -0.15) is 0 Å². The topological polar surface area (TPSA) is 67.8 Å². The molecule has 0 spiro atoms. The van der Waals surface area contributed by atoms with E-state index in [-0.39, 0.29) is 12.5 Å². The van der Waals surface area contributed by atoms with Crippen LogP contribution >= 0.6 is 0 Å². The first-order chi connectivity index (χ1) is 9.43. The van der Waals surface area contributed by atoms with Gasteiger partial charge in [0.15, 0.2) is 6.61 Å². The Bertz CT molecular complexity index is 443. The lowest BCUT2D eigenvalue weighted by atomic mass is 10.1. The Hall–Kier alpha value is -1.75. The minimum absolute atomic E-state index is 0.0837. The maximum atomic E-state index is 11.6. The van der Waals surface area contributed by atoms with Gasteiger partial charge >= 0.3 is 0 Å². The van der Waals surface area contributed by atoms with E-state index in [9.17, 15) is 9.90 Å². The van der Waals surface area contributed by atoms with E-state index in [0.717, 1.165) is 0 Å². The highest BCUT2D eigenvalue weighted by Gasteiger charge is 2.12. The first-order valence-electron chi connectivity index (χ1n) is 6.69. The van der Waals surface area contributed by atoms with Gasteiger partial charge in [0.25, 0.3) is 5.91 Å². The molecule has 0 aromatic heterocycles. The number of hydrogen-bond acceptors (Lipinski definition) is 4. The fraction of sp³-hybridized carbons (Fsp3) is 0.533. The van der Waals surface area contributed by atoms with Crippen LogP contribution in [0.3, 0.4) is 0 Å². The van der Waals surface area contributed by atoms with Crippen molar-refractivity contribution in [3.05, 3.63) is 23.8 Å². The third-order valence-electron chi connectivity index (χ3n) is 2.74. The third kappa shape index (κ3) is 5.09. The van der Waals surface area contributed by atoms with Crippen molar-refractivity contribution < 1.29 is 19.4 Å². The fourth-order valence-electron chi connectivity index (χ4n) is 1.62. The van der Waals surface area contributed by atoms with Crippen LogP contribution in [0.25, 0.3) is 0 Å². The lowest BCUT2D eigenvalue weighted by Crippen LogP contribution is -2.31. The zero-order valence-electron chi connectivity index (χ0n) is 12.5. The SMILES string of the molecule is COc1ccc(C(C)O)c(OCC(=O)NCC(C)C)c1. The molecule has 5 heteroatoms. The molecule has 112 valence electrons. The molecule has 0 saturated carbocycles. The van der Waals surface area contributed by atoms with Gasteiger partial charge in [0.1, 0.15) is 11.5 Å². The van der Waals surface area contributed by atoms with Gasteiger partial charge in [-0.05, 0) is 25.0 Å². The Morgan fingerprint density at radius 1 is 1.35 bits per heavy atom. The molecule has 1 amide bonds. The fourth-order valence-corrected chi connectivity index (χ4v) is 1.62. The summed E-state index contributed by atoms with van der Waals surface area (Å²) in [7, 11) is 1.55. The van der Waals surface area contributed by atoms with E-state index in [1.807, 2.05) is 13.8 Å². The van der Waals surface area contributed by atoms with Gasteiger partial charge in [-0.15, -0.1) is 0 Å². The summed E-state index contributed by atoms with van der Waals surface area (Å²) in [6.45, 7) is 6.22. The van der Waals surface area contributed by atoms with Gasteiger partial charge in [-0.25, -0.2) is 0 Å². The molecular formula is C15H23NO4. The number of carbonyl (C=O) groups is 1. The molecule has 0 aliphatic rings. The summed E-state index contributed by atoms with van der Waals surface area (Å²) in [5, 5.41) is 12.5. The van der Waals surface area contributed by atoms with Crippen LogP contribution in [0, 0.1) is 5.92 Å². The molecule has 1 aromatic carbocycles. The summed E-state index contributed by atoms with van der Waals surface area (Å²) in [6.07, 6.45) is -0.672. The predicted octanol–water partition coefficient (Wildman–Crippen LogP) is 1.90. The van der Waals surface area contributed by atoms with Gasteiger partial charge < -0.3 is 19.9 Å². The van der Waals surface area contributed by atoms with Gasteiger partial charge in [-0.1, -0.05) is 13.8 Å². The van der Waals surface area contributed by atoms with Crippen molar-refractivity contribution in [1.29, 1.82) is 0 Å². The van der Waals surface area contributed by atoms with E-state index in [0.29, 0.717) is 29.5 Å². The van der Waals surface area contributed by atoms with E-state index in [4.69, 9.17) is 9.47 Å². The van der Waals surface area contributed by atoms with Crippen molar-refractivity contribution in [2.24, 2.45) is 5.92 Å².